The van der Waals surface area contributed by atoms with Gasteiger partial charge in [0.05, 0.1) is 6.26 Å². The third-order valence-electron chi connectivity index (χ3n) is 1.00. The topological polar surface area (TPSA) is 118 Å². The first kappa shape index (κ1) is 14.8. The molecule has 0 aliphatic carbocycles. The first-order chi connectivity index (χ1) is 5.55. The van der Waals surface area contributed by atoms with E-state index in [9.17, 15) is 13.2 Å². The van der Waals surface area contributed by atoms with E-state index in [1.165, 1.54) is 0 Å². The number of carboxylic acids is 1. The molecule has 13 heavy (non-hydrogen) atoms. The lowest BCUT2D eigenvalue weighted by Crippen LogP contribution is -2.34. The summed E-state index contributed by atoms with van der Waals surface area (Å²) in [7, 11) is -3.67. The average molecular weight is 213 g/mol. The minimum atomic E-state index is -3.67. The fourth-order valence-electron chi connectivity index (χ4n) is 0.285. The van der Waals surface area contributed by atoms with Crippen LogP contribution in [0.3, 0.4) is 0 Å². The zero-order valence-corrected chi connectivity index (χ0v) is 8.58. The van der Waals surface area contributed by atoms with Crippen molar-refractivity contribution in [2.75, 3.05) is 6.26 Å². The van der Waals surface area contributed by atoms with E-state index in [1.54, 1.807) is 13.8 Å². The van der Waals surface area contributed by atoms with Gasteiger partial charge in [-0.3, -0.25) is 9.35 Å². The summed E-state index contributed by atoms with van der Waals surface area (Å²) in [6, 6.07) is -0.713. The van der Waals surface area contributed by atoms with Gasteiger partial charge in [-0.1, -0.05) is 13.8 Å². The van der Waals surface area contributed by atoms with Gasteiger partial charge in [0.1, 0.15) is 6.04 Å². The molecule has 4 N–H and O–H groups in total. The molecule has 0 heterocycles. The zero-order valence-electron chi connectivity index (χ0n) is 7.76. The van der Waals surface area contributed by atoms with Crippen molar-refractivity contribution in [3.05, 3.63) is 0 Å². The Bertz CT molecular complexity index is 238. The summed E-state index contributed by atoms with van der Waals surface area (Å²) in [5, 5.41) is 8.23. The molecule has 7 heteroatoms. The van der Waals surface area contributed by atoms with Gasteiger partial charge in [-0.25, -0.2) is 0 Å². The van der Waals surface area contributed by atoms with Gasteiger partial charge >= 0.3 is 5.97 Å². The van der Waals surface area contributed by atoms with Crippen LogP contribution in [0.4, 0.5) is 0 Å². The minimum Gasteiger partial charge on any atom is -0.480 e. The van der Waals surface area contributed by atoms with Crippen molar-refractivity contribution in [1.82, 2.24) is 0 Å². The number of carboxylic acid groups (broad SMARTS) is 1. The normalized spacial score (nSPS) is 13.1. The summed E-state index contributed by atoms with van der Waals surface area (Å²) in [6.07, 6.45) is 0.715. The first-order valence-electron chi connectivity index (χ1n) is 3.46. The van der Waals surface area contributed by atoms with Gasteiger partial charge in [0, 0.05) is 0 Å². The molecule has 1 atom stereocenters. The molecule has 0 aromatic carbocycles. The lowest BCUT2D eigenvalue weighted by Gasteiger charge is -2.07. The summed E-state index contributed by atoms with van der Waals surface area (Å²) in [5.41, 5.74) is 5.16. The van der Waals surface area contributed by atoms with Gasteiger partial charge in [0.15, 0.2) is 0 Å². The molecule has 6 nitrogen and oxygen atoms in total. The van der Waals surface area contributed by atoms with Crippen molar-refractivity contribution in [2.24, 2.45) is 11.7 Å². The Kier molecular flexibility index (Phi) is 6.73. The summed E-state index contributed by atoms with van der Waals surface area (Å²) in [4.78, 5) is 10.0. The highest BCUT2D eigenvalue weighted by Gasteiger charge is 2.14. The molecule has 0 rings (SSSR count). The van der Waals surface area contributed by atoms with E-state index in [1.807, 2.05) is 0 Å². The molecule has 0 amide bonds. The molecule has 0 fully saturated rings. The average Bonchev–Trinajstić information content (AvgIpc) is 1.81. The highest BCUT2D eigenvalue weighted by Crippen LogP contribution is 1.96. The molecule has 0 bridgehead atoms. The molecule has 0 aromatic rings. The van der Waals surface area contributed by atoms with Gasteiger partial charge in [-0.05, 0) is 5.92 Å². The van der Waals surface area contributed by atoms with Crippen LogP contribution in [0.15, 0.2) is 0 Å². The van der Waals surface area contributed by atoms with Gasteiger partial charge < -0.3 is 10.8 Å². The molecule has 80 valence electrons. The number of hydrogen-bond acceptors (Lipinski definition) is 4. The SMILES string of the molecule is CC(C)[C@H](N)C(=O)O.CS(=O)(=O)O. The predicted molar refractivity (Wildman–Crippen MR) is 47.9 cm³/mol. The van der Waals surface area contributed by atoms with Crippen LogP contribution >= 0.6 is 0 Å². The fraction of sp³-hybridized carbons (Fsp3) is 0.833. The minimum absolute atomic E-state index is 0.0208. The van der Waals surface area contributed by atoms with E-state index in [0.717, 1.165) is 0 Å². The van der Waals surface area contributed by atoms with E-state index in [-0.39, 0.29) is 5.92 Å². The van der Waals surface area contributed by atoms with Gasteiger partial charge in [-0.2, -0.15) is 8.42 Å². The Morgan fingerprint density at radius 2 is 1.62 bits per heavy atom. The van der Waals surface area contributed by atoms with Gasteiger partial charge in [0.2, 0.25) is 0 Å². The van der Waals surface area contributed by atoms with Crippen molar-refractivity contribution in [1.29, 1.82) is 0 Å². The maximum atomic E-state index is 10.0. The van der Waals surface area contributed by atoms with Gasteiger partial charge in [-0.15, -0.1) is 0 Å². The highest BCUT2D eigenvalue weighted by atomic mass is 32.2. The van der Waals surface area contributed by atoms with Crippen molar-refractivity contribution in [3.63, 3.8) is 0 Å². The number of carbonyl (C=O) groups is 1. The van der Waals surface area contributed by atoms with Crippen LogP contribution in [-0.2, 0) is 14.9 Å². The van der Waals surface area contributed by atoms with Crippen LogP contribution in [0.5, 0.6) is 0 Å². The molecular formula is C6H15NO5S. The largest absolute Gasteiger partial charge is 0.480 e. The summed E-state index contributed by atoms with van der Waals surface area (Å²) < 4.78 is 25.9. The van der Waals surface area contributed by atoms with Crippen LogP contribution in [-0.4, -0.2) is 36.3 Å². The van der Waals surface area contributed by atoms with Crippen LogP contribution in [0.25, 0.3) is 0 Å². The molecule has 0 saturated heterocycles. The Labute approximate surface area is 77.5 Å². The van der Waals surface area contributed by atoms with Crippen molar-refractivity contribution in [3.8, 4) is 0 Å². The summed E-state index contributed by atoms with van der Waals surface area (Å²) >= 11 is 0. The van der Waals surface area contributed by atoms with Gasteiger partial charge in [0.25, 0.3) is 10.1 Å². The monoisotopic (exact) mass is 213 g/mol. The number of rotatable bonds is 2. The third kappa shape index (κ3) is 18.4. The van der Waals surface area contributed by atoms with E-state index >= 15 is 0 Å². The maximum absolute atomic E-state index is 10.0. The molecule has 0 spiro atoms. The van der Waals surface area contributed by atoms with Crippen LogP contribution in [0, 0.1) is 5.92 Å². The Morgan fingerprint density at radius 3 is 1.62 bits per heavy atom. The Morgan fingerprint density at radius 1 is 1.38 bits per heavy atom. The molecule has 0 saturated carbocycles. The van der Waals surface area contributed by atoms with E-state index in [2.05, 4.69) is 0 Å². The standard InChI is InChI=1S/C5H11NO2.CH4O3S/c1-3(2)4(6)5(7)8;1-5(2,3)4/h3-4H,6H2,1-2H3,(H,7,8);1H3,(H,2,3,4)/t4-;/m0./s1. The summed E-state index contributed by atoms with van der Waals surface area (Å²) in [6.45, 7) is 3.55. The van der Waals surface area contributed by atoms with Crippen molar-refractivity contribution in [2.45, 2.75) is 19.9 Å². The van der Waals surface area contributed by atoms with Crippen LogP contribution < -0.4 is 5.73 Å². The zero-order chi connectivity index (χ0) is 11.2. The number of hydrogen-bond donors (Lipinski definition) is 3. The van der Waals surface area contributed by atoms with Crippen LogP contribution in [0.2, 0.25) is 0 Å². The quantitative estimate of drug-likeness (QED) is 0.535. The fourth-order valence-corrected chi connectivity index (χ4v) is 0.285. The molecular weight excluding hydrogens is 198 g/mol. The Hall–Kier alpha value is -0.660. The van der Waals surface area contributed by atoms with E-state index < -0.39 is 22.1 Å². The van der Waals surface area contributed by atoms with Crippen LogP contribution in [0.1, 0.15) is 13.8 Å². The lowest BCUT2D eigenvalue weighted by atomic mass is 10.1. The third-order valence-corrected chi connectivity index (χ3v) is 1.00. The predicted octanol–water partition coefficient (Wildman–Crippen LogP) is -0.442. The summed E-state index contributed by atoms with van der Waals surface area (Å²) in [5.74, 6) is -0.910. The van der Waals surface area contributed by atoms with E-state index in [4.69, 9.17) is 15.4 Å². The second kappa shape index (κ2) is 5.90. The second-order valence-corrected chi connectivity index (χ2v) is 4.31. The van der Waals surface area contributed by atoms with Crippen molar-refractivity contribution >= 4 is 16.1 Å². The molecule has 0 unspecified atom stereocenters. The molecule has 0 radical (unpaired) electrons. The molecule has 0 aliphatic rings. The number of aliphatic carboxylic acids is 1. The highest BCUT2D eigenvalue weighted by molar-refractivity contribution is 7.85. The second-order valence-electron chi connectivity index (χ2n) is 2.84. The smallest absolute Gasteiger partial charge is 0.320 e. The van der Waals surface area contributed by atoms with E-state index in [0.29, 0.717) is 6.26 Å². The molecule has 0 aromatic heterocycles. The van der Waals surface area contributed by atoms with Crippen molar-refractivity contribution < 1.29 is 22.9 Å². The maximum Gasteiger partial charge on any atom is 0.320 e. The first-order valence-corrected chi connectivity index (χ1v) is 5.31. The lowest BCUT2D eigenvalue weighted by molar-refractivity contribution is -0.139. The Balaban J connectivity index is 0. The number of nitrogens with two attached hydrogens (primary N) is 1. The molecule has 0 aliphatic heterocycles.